The second-order valence-electron chi connectivity index (χ2n) is 6.00. The molecular formula is C18H25NO3. The van der Waals surface area contributed by atoms with Crippen LogP contribution in [0.4, 0.5) is 4.79 Å². The van der Waals surface area contributed by atoms with Crippen LogP contribution in [-0.2, 0) is 11.2 Å². The summed E-state index contributed by atoms with van der Waals surface area (Å²) in [5.74, 6) is 6.08. The number of hydrogen-bond acceptors (Lipinski definition) is 3. The van der Waals surface area contributed by atoms with Crippen molar-refractivity contribution in [3.05, 3.63) is 35.4 Å². The van der Waals surface area contributed by atoms with E-state index >= 15 is 0 Å². The maximum absolute atomic E-state index is 11.4. The van der Waals surface area contributed by atoms with Crippen molar-refractivity contribution < 1.29 is 14.6 Å². The monoisotopic (exact) mass is 303 g/mol. The number of amides is 1. The lowest BCUT2D eigenvalue weighted by molar-refractivity contribution is 0.0529. The molecule has 22 heavy (non-hydrogen) atoms. The fourth-order valence-electron chi connectivity index (χ4n) is 1.74. The molecule has 0 heterocycles. The van der Waals surface area contributed by atoms with Crippen LogP contribution in [-0.4, -0.2) is 30.0 Å². The van der Waals surface area contributed by atoms with E-state index in [0.29, 0.717) is 13.0 Å². The quantitative estimate of drug-likeness (QED) is 0.649. The third-order valence-corrected chi connectivity index (χ3v) is 2.73. The van der Waals surface area contributed by atoms with E-state index in [1.807, 2.05) is 45.0 Å². The van der Waals surface area contributed by atoms with Crippen LogP contribution in [0.5, 0.6) is 0 Å². The molecule has 0 spiro atoms. The fourth-order valence-corrected chi connectivity index (χ4v) is 1.74. The zero-order chi connectivity index (χ0) is 16.4. The average molecular weight is 303 g/mol. The molecule has 1 aromatic carbocycles. The number of carbonyl (C=O) groups excluding carboxylic acids is 1. The SMILES string of the molecule is CC(C)(C)OC(=O)NCCC#Cc1ccc(CCCO)cc1. The van der Waals surface area contributed by atoms with Gasteiger partial charge in [0, 0.05) is 25.1 Å². The highest BCUT2D eigenvalue weighted by molar-refractivity contribution is 5.67. The highest BCUT2D eigenvalue weighted by Crippen LogP contribution is 2.07. The minimum absolute atomic E-state index is 0.214. The van der Waals surface area contributed by atoms with Gasteiger partial charge in [0.15, 0.2) is 0 Å². The van der Waals surface area contributed by atoms with Gasteiger partial charge in [0.1, 0.15) is 5.60 Å². The third kappa shape index (κ3) is 8.33. The molecule has 0 bridgehead atoms. The van der Waals surface area contributed by atoms with Gasteiger partial charge in [0.25, 0.3) is 0 Å². The Morgan fingerprint density at radius 1 is 1.27 bits per heavy atom. The Bertz CT molecular complexity index is 518. The summed E-state index contributed by atoms with van der Waals surface area (Å²) < 4.78 is 5.13. The summed E-state index contributed by atoms with van der Waals surface area (Å²) in [4.78, 5) is 11.4. The number of aliphatic hydroxyl groups excluding tert-OH is 1. The van der Waals surface area contributed by atoms with Gasteiger partial charge in [-0.25, -0.2) is 4.79 Å². The van der Waals surface area contributed by atoms with Crippen molar-refractivity contribution >= 4 is 6.09 Å². The van der Waals surface area contributed by atoms with E-state index < -0.39 is 11.7 Å². The molecule has 1 rings (SSSR count). The smallest absolute Gasteiger partial charge is 0.407 e. The molecule has 4 nitrogen and oxygen atoms in total. The average Bonchev–Trinajstić information content (AvgIpc) is 2.44. The molecule has 0 saturated carbocycles. The van der Waals surface area contributed by atoms with Gasteiger partial charge in [-0.3, -0.25) is 0 Å². The van der Waals surface area contributed by atoms with E-state index in [9.17, 15) is 4.79 Å². The summed E-state index contributed by atoms with van der Waals surface area (Å²) in [6.45, 7) is 6.17. The topological polar surface area (TPSA) is 58.6 Å². The van der Waals surface area contributed by atoms with Gasteiger partial charge in [-0.1, -0.05) is 24.0 Å². The van der Waals surface area contributed by atoms with Crippen LogP contribution in [0.25, 0.3) is 0 Å². The molecule has 2 N–H and O–H groups in total. The van der Waals surface area contributed by atoms with Crippen molar-refractivity contribution in [2.75, 3.05) is 13.2 Å². The standard InChI is InChI=1S/C18H25NO3/c1-18(2,3)22-17(21)19-13-5-4-7-15-9-11-16(12-10-15)8-6-14-20/h9-12,20H,5-6,8,13-14H2,1-3H3,(H,19,21). The Morgan fingerprint density at radius 2 is 1.95 bits per heavy atom. The zero-order valence-electron chi connectivity index (χ0n) is 13.6. The van der Waals surface area contributed by atoms with Gasteiger partial charge >= 0.3 is 6.09 Å². The first kappa shape index (κ1) is 18.1. The molecule has 0 fully saturated rings. The molecule has 0 aliphatic carbocycles. The second-order valence-corrected chi connectivity index (χ2v) is 6.00. The van der Waals surface area contributed by atoms with E-state index in [1.54, 1.807) is 0 Å². The van der Waals surface area contributed by atoms with E-state index in [0.717, 1.165) is 18.4 Å². The molecule has 0 aromatic heterocycles. The minimum atomic E-state index is -0.479. The second kappa shape index (κ2) is 9.11. The highest BCUT2D eigenvalue weighted by Gasteiger charge is 2.15. The first-order chi connectivity index (χ1) is 10.4. The lowest BCUT2D eigenvalue weighted by Crippen LogP contribution is -2.32. The lowest BCUT2D eigenvalue weighted by atomic mass is 10.1. The van der Waals surface area contributed by atoms with E-state index in [1.165, 1.54) is 5.56 Å². The molecule has 120 valence electrons. The van der Waals surface area contributed by atoms with Crippen LogP contribution < -0.4 is 5.32 Å². The van der Waals surface area contributed by atoms with Crippen LogP contribution >= 0.6 is 0 Å². The maximum atomic E-state index is 11.4. The van der Waals surface area contributed by atoms with Gasteiger partial charge in [-0.2, -0.15) is 0 Å². The number of hydrogen-bond donors (Lipinski definition) is 2. The first-order valence-electron chi connectivity index (χ1n) is 7.56. The summed E-state index contributed by atoms with van der Waals surface area (Å²) in [5.41, 5.74) is 1.67. The number of carbonyl (C=O) groups is 1. The first-order valence-corrected chi connectivity index (χ1v) is 7.56. The summed E-state index contributed by atoms with van der Waals surface area (Å²) >= 11 is 0. The normalized spacial score (nSPS) is 10.5. The largest absolute Gasteiger partial charge is 0.444 e. The molecule has 0 radical (unpaired) electrons. The number of rotatable bonds is 5. The fraction of sp³-hybridized carbons (Fsp3) is 0.500. The van der Waals surface area contributed by atoms with Crippen molar-refractivity contribution in [3.63, 3.8) is 0 Å². The predicted octanol–water partition coefficient (Wildman–Crippen LogP) is 2.88. The number of benzene rings is 1. The zero-order valence-corrected chi connectivity index (χ0v) is 13.6. The number of aliphatic hydroxyl groups is 1. The molecule has 4 heteroatoms. The predicted molar refractivity (Wildman–Crippen MR) is 87.6 cm³/mol. The van der Waals surface area contributed by atoms with Crippen molar-refractivity contribution in [2.45, 2.75) is 45.6 Å². The van der Waals surface area contributed by atoms with Crippen molar-refractivity contribution in [1.82, 2.24) is 5.32 Å². The Balaban J connectivity index is 2.31. The maximum Gasteiger partial charge on any atom is 0.407 e. The number of ether oxygens (including phenoxy) is 1. The van der Waals surface area contributed by atoms with Crippen molar-refractivity contribution in [3.8, 4) is 11.8 Å². The number of nitrogens with one attached hydrogen (secondary N) is 1. The minimum Gasteiger partial charge on any atom is -0.444 e. The lowest BCUT2D eigenvalue weighted by Gasteiger charge is -2.19. The summed E-state index contributed by atoms with van der Waals surface area (Å²) in [7, 11) is 0. The Hall–Kier alpha value is -1.99. The van der Waals surface area contributed by atoms with Crippen molar-refractivity contribution in [2.24, 2.45) is 0 Å². The Morgan fingerprint density at radius 3 is 2.55 bits per heavy atom. The molecule has 0 atom stereocenters. The van der Waals surface area contributed by atoms with E-state index in [2.05, 4.69) is 17.2 Å². The van der Waals surface area contributed by atoms with Crippen LogP contribution in [0.2, 0.25) is 0 Å². The molecule has 0 unspecified atom stereocenters. The Kier molecular flexibility index (Phi) is 7.48. The van der Waals surface area contributed by atoms with Crippen LogP contribution in [0.15, 0.2) is 24.3 Å². The van der Waals surface area contributed by atoms with Gasteiger partial charge in [0.2, 0.25) is 0 Å². The molecule has 1 amide bonds. The van der Waals surface area contributed by atoms with E-state index in [-0.39, 0.29) is 6.61 Å². The van der Waals surface area contributed by atoms with Crippen LogP contribution in [0.1, 0.15) is 44.7 Å². The molecule has 1 aromatic rings. The van der Waals surface area contributed by atoms with Gasteiger partial charge in [-0.15, -0.1) is 0 Å². The molecule has 0 saturated heterocycles. The van der Waals surface area contributed by atoms with E-state index in [4.69, 9.17) is 9.84 Å². The van der Waals surface area contributed by atoms with Crippen LogP contribution in [0.3, 0.4) is 0 Å². The summed E-state index contributed by atoms with van der Waals surface area (Å²) in [6, 6.07) is 8.00. The number of aryl methyl sites for hydroxylation is 1. The Labute approximate surface area is 132 Å². The number of alkyl carbamates (subject to hydrolysis) is 1. The van der Waals surface area contributed by atoms with Gasteiger partial charge < -0.3 is 15.2 Å². The van der Waals surface area contributed by atoms with Gasteiger partial charge in [0.05, 0.1) is 0 Å². The summed E-state index contributed by atoms with van der Waals surface area (Å²) in [6.07, 6.45) is 1.82. The summed E-state index contributed by atoms with van der Waals surface area (Å²) in [5, 5.41) is 11.5. The third-order valence-electron chi connectivity index (χ3n) is 2.73. The van der Waals surface area contributed by atoms with Crippen molar-refractivity contribution in [1.29, 1.82) is 0 Å². The molecule has 0 aliphatic rings. The molecular weight excluding hydrogens is 278 g/mol. The highest BCUT2D eigenvalue weighted by atomic mass is 16.6. The van der Waals surface area contributed by atoms with Gasteiger partial charge in [-0.05, 0) is 51.3 Å². The molecule has 0 aliphatic heterocycles. The van der Waals surface area contributed by atoms with Crippen LogP contribution in [0, 0.1) is 11.8 Å².